The Morgan fingerprint density at radius 2 is 1.83 bits per heavy atom. The van der Waals surface area contributed by atoms with E-state index in [2.05, 4.69) is 51.7 Å². The van der Waals surface area contributed by atoms with E-state index < -0.39 is 0 Å². The first-order chi connectivity index (χ1) is 8.47. The molecule has 0 radical (unpaired) electrons. The fourth-order valence-electron chi connectivity index (χ4n) is 2.86. The summed E-state index contributed by atoms with van der Waals surface area (Å²) in [7, 11) is 0. The SMILES string of the molecule is Cc1ccc2c(C(CN)C(C)C)c(C)[nH]c2c1C. The zero-order valence-corrected chi connectivity index (χ0v) is 12.1. The van der Waals surface area contributed by atoms with Gasteiger partial charge in [-0.15, -0.1) is 0 Å². The van der Waals surface area contributed by atoms with Gasteiger partial charge in [0.2, 0.25) is 0 Å². The fraction of sp³-hybridized carbons (Fsp3) is 0.500. The van der Waals surface area contributed by atoms with Crippen molar-refractivity contribution >= 4 is 10.9 Å². The third-order valence-electron chi connectivity index (χ3n) is 4.17. The van der Waals surface area contributed by atoms with E-state index in [0.29, 0.717) is 18.4 Å². The molecule has 1 aromatic heterocycles. The van der Waals surface area contributed by atoms with E-state index in [1.165, 1.54) is 33.3 Å². The molecule has 2 aromatic rings. The van der Waals surface area contributed by atoms with Gasteiger partial charge in [-0.05, 0) is 49.9 Å². The van der Waals surface area contributed by atoms with Gasteiger partial charge in [0.1, 0.15) is 0 Å². The highest BCUT2D eigenvalue weighted by Crippen LogP contribution is 2.34. The van der Waals surface area contributed by atoms with Crippen molar-refractivity contribution < 1.29 is 0 Å². The maximum atomic E-state index is 5.98. The maximum Gasteiger partial charge on any atom is 0.0491 e. The molecule has 2 heteroatoms. The first-order valence-electron chi connectivity index (χ1n) is 6.75. The number of aromatic amines is 1. The summed E-state index contributed by atoms with van der Waals surface area (Å²) in [4.78, 5) is 3.55. The molecule has 0 saturated carbocycles. The van der Waals surface area contributed by atoms with E-state index in [0.717, 1.165) is 0 Å². The lowest BCUT2D eigenvalue weighted by atomic mass is 9.86. The van der Waals surface area contributed by atoms with Crippen LogP contribution >= 0.6 is 0 Å². The minimum atomic E-state index is 0.431. The Labute approximate surface area is 110 Å². The van der Waals surface area contributed by atoms with Gasteiger partial charge in [0.25, 0.3) is 0 Å². The molecule has 0 aliphatic heterocycles. The van der Waals surface area contributed by atoms with Crippen molar-refractivity contribution in [3.05, 3.63) is 34.5 Å². The molecular weight excluding hydrogens is 220 g/mol. The minimum Gasteiger partial charge on any atom is -0.358 e. The average molecular weight is 244 g/mol. The van der Waals surface area contributed by atoms with Crippen LogP contribution in [0.4, 0.5) is 0 Å². The summed E-state index contributed by atoms with van der Waals surface area (Å²) < 4.78 is 0. The van der Waals surface area contributed by atoms with Crippen molar-refractivity contribution in [2.24, 2.45) is 11.7 Å². The van der Waals surface area contributed by atoms with Gasteiger partial charge >= 0.3 is 0 Å². The van der Waals surface area contributed by atoms with Gasteiger partial charge in [0.15, 0.2) is 0 Å². The first kappa shape index (κ1) is 13.2. The number of aryl methyl sites for hydroxylation is 3. The molecule has 0 aliphatic rings. The predicted octanol–water partition coefficient (Wildman–Crippen LogP) is 3.79. The monoisotopic (exact) mass is 244 g/mol. The van der Waals surface area contributed by atoms with Crippen LogP contribution in [0.2, 0.25) is 0 Å². The van der Waals surface area contributed by atoms with Gasteiger partial charge in [0, 0.05) is 22.5 Å². The van der Waals surface area contributed by atoms with Crippen molar-refractivity contribution in [2.45, 2.75) is 40.5 Å². The summed E-state index contributed by atoms with van der Waals surface area (Å²) in [6.07, 6.45) is 0. The topological polar surface area (TPSA) is 41.8 Å². The molecule has 0 fully saturated rings. The second-order valence-electron chi connectivity index (χ2n) is 5.68. The highest BCUT2D eigenvalue weighted by molar-refractivity contribution is 5.88. The fourth-order valence-corrected chi connectivity index (χ4v) is 2.86. The van der Waals surface area contributed by atoms with Crippen molar-refractivity contribution in [3.8, 4) is 0 Å². The van der Waals surface area contributed by atoms with Crippen LogP contribution in [0.15, 0.2) is 12.1 Å². The molecule has 3 N–H and O–H groups in total. The van der Waals surface area contributed by atoms with Gasteiger partial charge in [0.05, 0.1) is 0 Å². The summed E-state index contributed by atoms with van der Waals surface area (Å²) in [5.41, 5.74) is 12.6. The third kappa shape index (κ3) is 1.95. The number of hydrogen-bond donors (Lipinski definition) is 2. The summed E-state index contributed by atoms with van der Waals surface area (Å²) in [6, 6.07) is 4.45. The quantitative estimate of drug-likeness (QED) is 0.847. The molecule has 0 bridgehead atoms. The second-order valence-corrected chi connectivity index (χ2v) is 5.68. The van der Waals surface area contributed by atoms with Crippen LogP contribution in [-0.2, 0) is 0 Å². The van der Waals surface area contributed by atoms with E-state index in [-0.39, 0.29) is 0 Å². The number of nitrogens with one attached hydrogen (secondary N) is 1. The van der Waals surface area contributed by atoms with Gasteiger partial charge in [-0.2, -0.15) is 0 Å². The van der Waals surface area contributed by atoms with Gasteiger partial charge in [-0.25, -0.2) is 0 Å². The normalized spacial score (nSPS) is 13.5. The molecule has 0 amide bonds. The largest absolute Gasteiger partial charge is 0.358 e. The van der Waals surface area contributed by atoms with Crippen LogP contribution in [0.1, 0.15) is 42.1 Å². The Bertz CT molecular complexity index is 564. The highest BCUT2D eigenvalue weighted by Gasteiger charge is 2.21. The molecule has 1 heterocycles. The number of fused-ring (bicyclic) bond motifs is 1. The summed E-state index contributed by atoms with van der Waals surface area (Å²) in [5, 5.41) is 1.35. The van der Waals surface area contributed by atoms with Crippen LogP contribution < -0.4 is 5.73 Å². The molecule has 1 aromatic carbocycles. The summed E-state index contributed by atoms with van der Waals surface area (Å²) in [6.45, 7) is 11.7. The van der Waals surface area contributed by atoms with Crippen molar-refractivity contribution in [3.63, 3.8) is 0 Å². The van der Waals surface area contributed by atoms with Gasteiger partial charge in [-0.1, -0.05) is 26.0 Å². The standard InChI is InChI=1S/C16H24N2/c1-9(2)14(8-17)15-12(5)18-16-11(4)10(3)6-7-13(15)16/h6-7,9,14,18H,8,17H2,1-5H3. The number of aromatic nitrogens is 1. The van der Waals surface area contributed by atoms with E-state index in [1.54, 1.807) is 0 Å². The molecule has 0 saturated heterocycles. The predicted molar refractivity (Wildman–Crippen MR) is 79.1 cm³/mol. The second kappa shape index (κ2) is 4.77. The number of benzene rings is 1. The molecule has 2 rings (SSSR count). The Morgan fingerprint density at radius 1 is 1.17 bits per heavy atom. The van der Waals surface area contributed by atoms with E-state index in [9.17, 15) is 0 Å². The van der Waals surface area contributed by atoms with E-state index in [4.69, 9.17) is 5.73 Å². The zero-order chi connectivity index (χ0) is 13.4. The van der Waals surface area contributed by atoms with Gasteiger partial charge in [-0.3, -0.25) is 0 Å². The van der Waals surface area contributed by atoms with Crippen molar-refractivity contribution in [2.75, 3.05) is 6.54 Å². The van der Waals surface area contributed by atoms with Gasteiger partial charge < -0.3 is 10.7 Å². The minimum absolute atomic E-state index is 0.431. The Hall–Kier alpha value is -1.28. The van der Waals surface area contributed by atoms with E-state index >= 15 is 0 Å². The Morgan fingerprint density at radius 3 is 2.39 bits per heavy atom. The van der Waals surface area contributed by atoms with Crippen LogP contribution in [0, 0.1) is 26.7 Å². The molecule has 18 heavy (non-hydrogen) atoms. The Balaban J connectivity index is 2.72. The molecule has 1 atom stereocenters. The molecule has 2 nitrogen and oxygen atoms in total. The lowest BCUT2D eigenvalue weighted by Gasteiger charge is -2.19. The molecule has 0 aliphatic carbocycles. The zero-order valence-electron chi connectivity index (χ0n) is 12.1. The number of hydrogen-bond acceptors (Lipinski definition) is 1. The number of nitrogens with two attached hydrogens (primary N) is 1. The number of rotatable bonds is 3. The Kier molecular flexibility index (Phi) is 3.49. The van der Waals surface area contributed by atoms with Crippen LogP contribution in [0.3, 0.4) is 0 Å². The third-order valence-corrected chi connectivity index (χ3v) is 4.17. The molecule has 98 valence electrons. The lowest BCUT2D eigenvalue weighted by molar-refractivity contribution is 0.507. The van der Waals surface area contributed by atoms with Crippen LogP contribution in [0.5, 0.6) is 0 Å². The maximum absolute atomic E-state index is 5.98. The van der Waals surface area contributed by atoms with E-state index in [1.807, 2.05) is 0 Å². The molecule has 0 spiro atoms. The van der Waals surface area contributed by atoms with Crippen molar-refractivity contribution in [1.29, 1.82) is 0 Å². The summed E-state index contributed by atoms with van der Waals surface area (Å²) in [5.74, 6) is 0.996. The lowest BCUT2D eigenvalue weighted by Crippen LogP contribution is -2.18. The summed E-state index contributed by atoms with van der Waals surface area (Å²) >= 11 is 0. The van der Waals surface area contributed by atoms with Crippen molar-refractivity contribution in [1.82, 2.24) is 4.98 Å². The van der Waals surface area contributed by atoms with Crippen LogP contribution in [-0.4, -0.2) is 11.5 Å². The highest BCUT2D eigenvalue weighted by atomic mass is 14.7. The average Bonchev–Trinajstić information content (AvgIpc) is 2.63. The van der Waals surface area contributed by atoms with Crippen LogP contribution in [0.25, 0.3) is 10.9 Å². The first-order valence-corrected chi connectivity index (χ1v) is 6.75. The number of H-pyrrole nitrogens is 1. The smallest absolute Gasteiger partial charge is 0.0491 e. The molecular formula is C16H24N2. The molecule has 1 unspecified atom stereocenters.